The molecule has 1 aliphatic heterocycles. The molecule has 9 heteroatoms. The number of halogens is 2. The highest BCUT2D eigenvalue weighted by atomic mass is 19.3. The van der Waals surface area contributed by atoms with Crippen LogP contribution in [0, 0.1) is 0 Å². The highest BCUT2D eigenvalue weighted by Crippen LogP contribution is 2.25. The van der Waals surface area contributed by atoms with Gasteiger partial charge in [-0.1, -0.05) is 30.3 Å². The summed E-state index contributed by atoms with van der Waals surface area (Å²) in [4.78, 5) is 33.5. The van der Waals surface area contributed by atoms with Crippen molar-refractivity contribution >= 4 is 11.8 Å². The van der Waals surface area contributed by atoms with Gasteiger partial charge in [0.15, 0.2) is 0 Å². The first-order chi connectivity index (χ1) is 15.3. The Morgan fingerprint density at radius 3 is 2.44 bits per heavy atom. The minimum atomic E-state index is -2.64. The number of hydrogen-bond acceptors (Lipinski definition) is 4. The maximum Gasteiger partial charge on any atom is 0.294 e. The molecular formula is C23H23F2N5O2. The van der Waals surface area contributed by atoms with E-state index in [2.05, 4.69) is 10.1 Å². The Labute approximate surface area is 184 Å². The Balaban J connectivity index is 1.49. The van der Waals surface area contributed by atoms with Crippen LogP contribution in [0.4, 0.5) is 8.78 Å². The molecule has 0 unspecified atom stereocenters. The van der Waals surface area contributed by atoms with Crippen molar-refractivity contribution in [1.82, 2.24) is 24.6 Å². The zero-order chi connectivity index (χ0) is 22.9. The summed E-state index contributed by atoms with van der Waals surface area (Å²) in [5.74, 6) is -0.582. The fraction of sp³-hybridized carbons (Fsp3) is 0.304. The molecule has 2 aromatic carbocycles. The summed E-state index contributed by atoms with van der Waals surface area (Å²) in [5.41, 5.74) is 0.120. The van der Waals surface area contributed by atoms with Crippen LogP contribution in [0.25, 0.3) is 5.69 Å². The summed E-state index contributed by atoms with van der Waals surface area (Å²) < 4.78 is 27.5. The molecule has 1 fully saturated rings. The molecule has 0 spiro atoms. The lowest BCUT2D eigenvalue weighted by Gasteiger charge is -2.46. The predicted octanol–water partition coefficient (Wildman–Crippen LogP) is 3.58. The molecule has 0 N–H and O–H groups in total. The van der Waals surface area contributed by atoms with Crippen molar-refractivity contribution in [2.45, 2.75) is 25.8 Å². The average Bonchev–Trinajstić information content (AvgIpc) is 3.28. The van der Waals surface area contributed by atoms with Crippen LogP contribution in [-0.4, -0.2) is 61.6 Å². The molecule has 0 radical (unpaired) electrons. The van der Waals surface area contributed by atoms with E-state index in [1.54, 1.807) is 9.80 Å². The molecule has 0 aliphatic carbocycles. The van der Waals surface area contributed by atoms with Gasteiger partial charge in [0, 0.05) is 30.8 Å². The number of carbonyl (C=O) groups excluding carboxylic acids is 2. The van der Waals surface area contributed by atoms with Gasteiger partial charge in [0.1, 0.15) is 6.33 Å². The normalized spacial score (nSPS) is 15.8. The van der Waals surface area contributed by atoms with Gasteiger partial charge in [-0.3, -0.25) is 9.59 Å². The minimum absolute atomic E-state index is 0.0753. The Hall–Kier alpha value is -3.62. The van der Waals surface area contributed by atoms with Crippen molar-refractivity contribution in [3.8, 4) is 5.69 Å². The number of nitrogens with zero attached hydrogens (tertiary/aromatic N) is 5. The fourth-order valence-corrected chi connectivity index (χ4v) is 3.88. The van der Waals surface area contributed by atoms with Crippen molar-refractivity contribution in [1.29, 1.82) is 0 Å². The van der Waals surface area contributed by atoms with Crippen molar-refractivity contribution in [2.75, 3.05) is 19.6 Å². The van der Waals surface area contributed by atoms with Crippen LogP contribution < -0.4 is 0 Å². The second-order valence-corrected chi connectivity index (χ2v) is 8.27. The SMILES string of the molecule is CC1(C)CN(C(=O)c2cccc(C(F)F)c2)CCN1C(=O)c1ncn(-c2ccccc2)n1. The van der Waals surface area contributed by atoms with Crippen LogP contribution in [0.15, 0.2) is 60.9 Å². The summed E-state index contributed by atoms with van der Waals surface area (Å²) in [7, 11) is 0. The first-order valence-corrected chi connectivity index (χ1v) is 10.2. The number of alkyl halides is 2. The van der Waals surface area contributed by atoms with E-state index >= 15 is 0 Å². The van der Waals surface area contributed by atoms with E-state index < -0.39 is 12.0 Å². The molecule has 0 bridgehead atoms. The fourth-order valence-electron chi connectivity index (χ4n) is 3.88. The van der Waals surface area contributed by atoms with Crippen molar-refractivity contribution in [3.05, 3.63) is 77.9 Å². The first-order valence-electron chi connectivity index (χ1n) is 10.2. The molecule has 7 nitrogen and oxygen atoms in total. The van der Waals surface area contributed by atoms with Gasteiger partial charge in [-0.05, 0) is 38.1 Å². The monoisotopic (exact) mass is 439 g/mol. The van der Waals surface area contributed by atoms with Gasteiger partial charge in [0.05, 0.1) is 11.2 Å². The Morgan fingerprint density at radius 1 is 1.00 bits per heavy atom. The molecular weight excluding hydrogens is 416 g/mol. The molecule has 0 atom stereocenters. The Kier molecular flexibility index (Phi) is 5.73. The number of rotatable bonds is 4. The number of hydrogen-bond donors (Lipinski definition) is 0. The van der Waals surface area contributed by atoms with Crippen LogP contribution in [0.2, 0.25) is 0 Å². The summed E-state index contributed by atoms with van der Waals surface area (Å²) >= 11 is 0. The molecule has 32 heavy (non-hydrogen) atoms. The number of para-hydroxylation sites is 1. The zero-order valence-corrected chi connectivity index (χ0v) is 17.8. The molecule has 4 rings (SSSR count). The van der Waals surface area contributed by atoms with Crippen LogP contribution in [0.5, 0.6) is 0 Å². The molecule has 1 aliphatic rings. The van der Waals surface area contributed by atoms with Gasteiger partial charge in [-0.25, -0.2) is 18.4 Å². The van der Waals surface area contributed by atoms with Crippen molar-refractivity contribution < 1.29 is 18.4 Å². The van der Waals surface area contributed by atoms with E-state index in [-0.39, 0.29) is 48.4 Å². The second-order valence-electron chi connectivity index (χ2n) is 8.27. The predicted molar refractivity (Wildman–Crippen MR) is 114 cm³/mol. The van der Waals surface area contributed by atoms with Gasteiger partial charge in [-0.15, -0.1) is 5.10 Å². The first kappa shape index (κ1) is 21.6. The maximum atomic E-state index is 13.1. The van der Waals surface area contributed by atoms with E-state index in [0.717, 1.165) is 5.69 Å². The van der Waals surface area contributed by atoms with Crippen LogP contribution >= 0.6 is 0 Å². The highest BCUT2D eigenvalue weighted by molar-refractivity contribution is 5.95. The topological polar surface area (TPSA) is 71.3 Å². The molecule has 166 valence electrons. The number of aromatic nitrogens is 3. The number of benzene rings is 2. The maximum absolute atomic E-state index is 13.1. The average molecular weight is 439 g/mol. The molecule has 2 heterocycles. The van der Waals surface area contributed by atoms with E-state index in [4.69, 9.17) is 0 Å². The highest BCUT2D eigenvalue weighted by Gasteiger charge is 2.40. The third kappa shape index (κ3) is 4.23. The van der Waals surface area contributed by atoms with Crippen molar-refractivity contribution in [2.24, 2.45) is 0 Å². The largest absolute Gasteiger partial charge is 0.335 e. The minimum Gasteiger partial charge on any atom is -0.335 e. The third-order valence-electron chi connectivity index (χ3n) is 5.52. The molecule has 0 saturated carbocycles. The van der Waals surface area contributed by atoms with E-state index in [1.165, 1.54) is 35.3 Å². The Morgan fingerprint density at radius 2 is 1.75 bits per heavy atom. The van der Waals surface area contributed by atoms with Gasteiger partial charge in [-0.2, -0.15) is 0 Å². The van der Waals surface area contributed by atoms with Crippen molar-refractivity contribution in [3.63, 3.8) is 0 Å². The van der Waals surface area contributed by atoms with Gasteiger partial charge in [0.25, 0.3) is 18.2 Å². The molecule has 1 aromatic heterocycles. The number of carbonyl (C=O) groups is 2. The smallest absolute Gasteiger partial charge is 0.294 e. The van der Waals surface area contributed by atoms with E-state index in [9.17, 15) is 18.4 Å². The van der Waals surface area contributed by atoms with Crippen LogP contribution in [0.3, 0.4) is 0 Å². The Bertz CT molecular complexity index is 1130. The lowest BCUT2D eigenvalue weighted by molar-refractivity contribution is 0.0160. The zero-order valence-electron chi connectivity index (χ0n) is 17.8. The lowest BCUT2D eigenvalue weighted by atomic mass is 9.97. The van der Waals surface area contributed by atoms with E-state index in [0.29, 0.717) is 0 Å². The van der Waals surface area contributed by atoms with E-state index in [1.807, 2.05) is 44.2 Å². The van der Waals surface area contributed by atoms with Gasteiger partial charge < -0.3 is 9.80 Å². The quantitative estimate of drug-likeness (QED) is 0.623. The lowest BCUT2D eigenvalue weighted by Crippen LogP contribution is -2.62. The summed E-state index contributed by atoms with van der Waals surface area (Å²) in [6.45, 7) is 4.54. The second kappa shape index (κ2) is 8.49. The van der Waals surface area contributed by atoms with Gasteiger partial charge >= 0.3 is 0 Å². The summed E-state index contributed by atoms with van der Waals surface area (Å²) in [6, 6.07) is 14.8. The number of amides is 2. The number of piperazine rings is 1. The van der Waals surface area contributed by atoms with Gasteiger partial charge in [0.2, 0.25) is 5.82 Å². The molecule has 2 amide bonds. The third-order valence-corrected chi connectivity index (χ3v) is 5.52. The van der Waals surface area contributed by atoms with Crippen LogP contribution in [0.1, 0.15) is 46.8 Å². The summed E-state index contributed by atoms with van der Waals surface area (Å²) in [6.07, 6.45) is -1.15. The van der Waals surface area contributed by atoms with Crippen LogP contribution in [-0.2, 0) is 0 Å². The molecule has 1 saturated heterocycles. The molecule has 3 aromatic rings. The standard InChI is InChI=1S/C23H23F2N5O2/c1-23(2)14-28(21(31)17-8-6-7-16(13-17)19(24)25)11-12-29(23)22(32)20-26-15-30(27-20)18-9-4-3-5-10-18/h3-10,13,15,19H,11-12,14H2,1-2H3. The summed E-state index contributed by atoms with van der Waals surface area (Å²) in [5, 5.41) is 4.31.